The Balaban J connectivity index is 0.00000288. The summed E-state index contributed by atoms with van der Waals surface area (Å²) in [5.41, 5.74) is 0.572. The van der Waals surface area contributed by atoms with Gasteiger partial charge in [0.05, 0.1) is 0 Å². The fourth-order valence-corrected chi connectivity index (χ4v) is 2.79. The van der Waals surface area contributed by atoms with Gasteiger partial charge in [-0.05, 0) is 56.1 Å². The third-order valence-electron chi connectivity index (χ3n) is 4.10. The molecule has 2 rings (SSSR count). The summed E-state index contributed by atoms with van der Waals surface area (Å²) in [6, 6.07) is 6.99. The van der Waals surface area contributed by atoms with Gasteiger partial charge in [0.1, 0.15) is 0 Å². The number of carbonyl (C=O) groups is 2. The van der Waals surface area contributed by atoms with Gasteiger partial charge in [0.15, 0.2) is 0 Å². The lowest BCUT2D eigenvalue weighted by Crippen LogP contribution is -2.48. The number of piperidine rings is 1. The highest BCUT2D eigenvalue weighted by Gasteiger charge is 2.22. The van der Waals surface area contributed by atoms with Crippen molar-refractivity contribution in [1.29, 1.82) is 0 Å². The Morgan fingerprint density at radius 2 is 2.00 bits per heavy atom. The van der Waals surface area contributed by atoms with Crippen LogP contribution in [0.3, 0.4) is 0 Å². The highest BCUT2D eigenvalue weighted by molar-refractivity contribution is 6.30. The van der Waals surface area contributed by atoms with Gasteiger partial charge in [-0.3, -0.25) is 9.59 Å². The Morgan fingerprint density at radius 3 is 2.67 bits per heavy atom. The van der Waals surface area contributed by atoms with E-state index in [1.54, 1.807) is 24.3 Å². The van der Waals surface area contributed by atoms with E-state index in [4.69, 9.17) is 11.6 Å². The van der Waals surface area contributed by atoms with Gasteiger partial charge in [0.2, 0.25) is 5.91 Å². The molecule has 5 nitrogen and oxygen atoms in total. The minimum absolute atomic E-state index is 0. The average Bonchev–Trinajstić information content (AvgIpc) is 2.54. The number of hydrogen-bond donors (Lipinski definition) is 3. The molecule has 24 heavy (non-hydrogen) atoms. The molecular formula is C17H25Cl2N3O2. The van der Waals surface area contributed by atoms with Crippen LogP contribution in [0.5, 0.6) is 0 Å². The number of carbonyl (C=O) groups excluding carboxylic acids is 2. The van der Waals surface area contributed by atoms with E-state index in [-0.39, 0.29) is 30.3 Å². The van der Waals surface area contributed by atoms with Crippen LogP contribution in [0.2, 0.25) is 5.02 Å². The molecule has 0 aromatic heterocycles. The number of halogens is 2. The lowest BCUT2D eigenvalue weighted by atomic mass is 9.95. The Kier molecular flexibility index (Phi) is 9.11. The quantitative estimate of drug-likeness (QED) is 0.670. The van der Waals surface area contributed by atoms with E-state index in [1.165, 1.54) is 0 Å². The molecule has 1 heterocycles. The van der Waals surface area contributed by atoms with Crippen molar-refractivity contribution >= 4 is 35.8 Å². The van der Waals surface area contributed by atoms with Crippen molar-refractivity contribution in [3.8, 4) is 0 Å². The lowest BCUT2D eigenvalue weighted by Gasteiger charge is -2.30. The standard InChI is InChI=1S/C17H24ClN3O2.ClH/c1-12-11-19-10-8-15(12)21-16(22)3-2-9-20-17(23)13-4-6-14(18)7-5-13;/h4-7,12,15,19H,2-3,8-11H2,1H3,(H,20,23)(H,21,22);1H. The normalized spacial score (nSPS) is 19.9. The average molecular weight is 374 g/mol. The predicted octanol–water partition coefficient (Wildman–Crippen LogP) is 2.39. The van der Waals surface area contributed by atoms with E-state index >= 15 is 0 Å². The molecule has 0 saturated carbocycles. The smallest absolute Gasteiger partial charge is 0.251 e. The number of nitrogens with one attached hydrogen (secondary N) is 3. The minimum Gasteiger partial charge on any atom is -0.353 e. The second kappa shape index (κ2) is 10.5. The number of rotatable bonds is 6. The summed E-state index contributed by atoms with van der Waals surface area (Å²) >= 11 is 5.79. The first-order chi connectivity index (χ1) is 11.1. The molecule has 1 aliphatic rings. The largest absolute Gasteiger partial charge is 0.353 e. The lowest BCUT2D eigenvalue weighted by molar-refractivity contribution is -0.122. The van der Waals surface area contributed by atoms with Crippen molar-refractivity contribution in [2.75, 3.05) is 19.6 Å². The monoisotopic (exact) mass is 373 g/mol. The van der Waals surface area contributed by atoms with Gasteiger partial charge < -0.3 is 16.0 Å². The van der Waals surface area contributed by atoms with Gasteiger partial charge in [0.25, 0.3) is 5.91 Å². The SMILES string of the molecule is CC1CNCCC1NC(=O)CCCNC(=O)c1ccc(Cl)cc1.Cl. The summed E-state index contributed by atoms with van der Waals surface area (Å²) in [6.45, 7) is 4.52. The molecule has 7 heteroatoms. The van der Waals surface area contributed by atoms with Crippen LogP contribution in [0.1, 0.15) is 36.5 Å². The van der Waals surface area contributed by atoms with Crippen LogP contribution in [0, 0.1) is 5.92 Å². The molecule has 0 radical (unpaired) electrons. The first-order valence-corrected chi connectivity index (χ1v) is 8.48. The summed E-state index contributed by atoms with van der Waals surface area (Å²) in [4.78, 5) is 23.8. The van der Waals surface area contributed by atoms with Gasteiger partial charge >= 0.3 is 0 Å². The molecule has 0 bridgehead atoms. The van der Waals surface area contributed by atoms with E-state index in [0.717, 1.165) is 19.5 Å². The van der Waals surface area contributed by atoms with E-state index in [0.29, 0.717) is 35.9 Å². The molecular weight excluding hydrogens is 349 g/mol. The summed E-state index contributed by atoms with van der Waals surface area (Å²) in [5.74, 6) is 0.371. The van der Waals surface area contributed by atoms with Crippen molar-refractivity contribution in [3.05, 3.63) is 34.9 Å². The van der Waals surface area contributed by atoms with Gasteiger partial charge in [-0.2, -0.15) is 0 Å². The van der Waals surface area contributed by atoms with Crippen LogP contribution in [0.25, 0.3) is 0 Å². The van der Waals surface area contributed by atoms with E-state index in [1.807, 2.05) is 0 Å². The molecule has 0 aliphatic carbocycles. The third-order valence-corrected chi connectivity index (χ3v) is 4.36. The fraction of sp³-hybridized carbons (Fsp3) is 0.529. The van der Waals surface area contributed by atoms with Crippen LogP contribution >= 0.6 is 24.0 Å². The first-order valence-electron chi connectivity index (χ1n) is 8.10. The molecule has 3 N–H and O–H groups in total. The second-order valence-electron chi connectivity index (χ2n) is 6.01. The highest BCUT2D eigenvalue weighted by Crippen LogP contribution is 2.11. The summed E-state index contributed by atoms with van der Waals surface area (Å²) in [5, 5.41) is 9.82. The van der Waals surface area contributed by atoms with Crippen molar-refractivity contribution in [2.45, 2.75) is 32.2 Å². The zero-order valence-electron chi connectivity index (χ0n) is 13.8. The third kappa shape index (κ3) is 6.67. The summed E-state index contributed by atoms with van der Waals surface area (Å²) in [6.07, 6.45) is 2.03. The fourth-order valence-electron chi connectivity index (χ4n) is 2.66. The van der Waals surface area contributed by atoms with Gasteiger partial charge in [-0.15, -0.1) is 12.4 Å². The van der Waals surface area contributed by atoms with Crippen molar-refractivity contribution < 1.29 is 9.59 Å². The Bertz CT molecular complexity index is 537. The first kappa shape index (κ1) is 20.7. The van der Waals surface area contributed by atoms with Crippen LogP contribution in [-0.4, -0.2) is 37.5 Å². The molecule has 134 valence electrons. The van der Waals surface area contributed by atoms with Crippen molar-refractivity contribution in [1.82, 2.24) is 16.0 Å². The molecule has 2 amide bonds. The van der Waals surface area contributed by atoms with Crippen molar-refractivity contribution in [2.24, 2.45) is 5.92 Å². The Morgan fingerprint density at radius 1 is 1.29 bits per heavy atom. The Hall–Kier alpha value is -1.30. The predicted molar refractivity (Wildman–Crippen MR) is 98.8 cm³/mol. The van der Waals surface area contributed by atoms with Crippen LogP contribution < -0.4 is 16.0 Å². The molecule has 1 aliphatic heterocycles. The maximum Gasteiger partial charge on any atom is 0.251 e. The number of benzene rings is 1. The number of hydrogen-bond acceptors (Lipinski definition) is 3. The molecule has 2 atom stereocenters. The molecule has 1 fully saturated rings. The molecule has 1 aromatic rings. The van der Waals surface area contributed by atoms with Crippen LogP contribution in [0.4, 0.5) is 0 Å². The van der Waals surface area contributed by atoms with E-state index in [9.17, 15) is 9.59 Å². The van der Waals surface area contributed by atoms with Gasteiger partial charge in [-0.25, -0.2) is 0 Å². The molecule has 0 spiro atoms. The zero-order chi connectivity index (χ0) is 16.7. The van der Waals surface area contributed by atoms with Crippen LogP contribution in [-0.2, 0) is 4.79 Å². The van der Waals surface area contributed by atoms with Crippen LogP contribution in [0.15, 0.2) is 24.3 Å². The molecule has 1 aromatic carbocycles. The molecule has 1 saturated heterocycles. The van der Waals surface area contributed by atoms with E-state index in [2.05, 4.69) is 22.9 Å². The summed E-state index contributed by atoms with van der Waals surface area (Å²) < 4.78 is 0. The van der Waals surface area contributed by atoms with Crippen molar-refractivity contribution in [3.63, 3.8) is 0 Å². The second-order valence-corrected chi connectivity index (χ2v) is 6.45. The van der Waals surface area contributed by atoms with Gasteiger partial charge in [-0.1, -0.05) is 18.5 Å². The molecule has 2 unspecified atom stereocenters. The maximum absolute atomic E-state index is 12.0. The zero-order valence-corrected chi connectivity index (χ0v) is 15.4. The highest BCUT2D eigenvalue weighted by atomic mass is 35.5. The Labute approximate surface area is 154 Å². The maximum atomic E-state index is 12.0. The summed E-state index contributed by atoms with van der Waals surface area (Å²) in [7, 11) is 0. The topological polar surface area (TPSA) is 70.2 Å². The van der Waals surface area contributed by atoms with Gasteiger partial charge in [0, 0.05) is 29.6 Å². The van der Waals surface area contributed by atoms with E-state index < -0.39 is 0 Å². The minimum atomic E-state index is -0.144. The number of amides is 2.